The molecule has 0 spiro atoms. The number of nitrogens with zero attached hydrogens (tertiary/aromatic N) is 1. The fraction of sp³-hybridized carbons (Fsp3) is 0.556. The van der Waals surface area contributed by atoms with Crippen molar-refractivity contribution < 1.29 is 9.90 Å². The van der Waals surface area contributed by atoms with Gasteiger partial charge in [0.15, 0.2) is 5.69 Å². The van der Waals surface area contributed by atoms with Crippen molar-refractivity contribution in [2.45, 2.75) is 12.8 Å². The first-order valence-electron chi connectivity index (χ1n) is 4.64. The van der Waals surface area contributed by atoms with Gasteiger partial charge in [-0.1, -0.05) is 0 Å². The molecule has 2 heterocycles. The minimum absolute atomic E-state index is 0.177. The van der Waals surface area contributed by atoms with E-state index in [-0.39, 0.29) is 5.69 Å². The lowest BCUT2D eigenvalue weighted by molar-refractivity contribution is 0.0691. The van der Waals surface area contributed by atoms with Crippen molar-refractivity contribution in [1.29, 1.82) is 0 Å². The van der Waals surface area contributed by atoms with Crippen molar-refractivity contribution in [3.8, 4) is 0 Å². The maximum atomic E-state index is 10.6. The molecule has 0 bridgehead atoms. The Hall–Kier alpha value is -0.940. The van der Waals surface area contributed by atoms with Gasteiger partial charge in [-0.05, 0) is 25.4 Å². The van der Waals surface area contributed by atoms with E-state index in [4.69, 9.17) is 5.11 Å². The number of aromatic carboxylic acids is 1. The Labute approximate surface area is 86.0 Å². The first-order valence-corrected chi connectivity index (χ1v) is 5.52. The molecule has 1 aliphatic heterocycles. The number of nitrogens with one attached hydrogen (secondary N) is 1. The van der Waals surface area contributed by atoms with E-state index < -0.39 is 5.97 Å². The Morgan fingerprint density at radius 1 is 1.79 bits per heavy atom. The van der Waals surface area contributed by atoms with Crippen LogP contribution in [0.5, 0.6) is 0 Å². The summed E-state index contributed by atoms with van der Waals surface area (Å²) in [6.45, 7) is 2.10. The minimum atomic E-state index is -0.933. The van der Waals surface area contributed by atoms with E-state index in [1.165, 1.54) is 17.8 Å². The monoisotopic (exact) mass is 212 g/mol. The van der Waals surface area contributed by atoms with Crippen LogP contribution in [0.2, 0.25) is 0 Å². The Bertz CT molecular complexity index is 331. The molecule has 1 fully saturated rings. The lowest BCUT2D eigenvalue weighted by Gasteiger charge is -2.03. The van der Waals surface area contributed by atoms with Gasteiger partial charge in [0, 0.05) is 11.8 Å². The Morgan fingerprint density at radius 2 is 2.64 bits per heavy atom. The molecule has 1 aromatic heterocycles. The number of hydrogen-bond donors (Lipinski definition) is 2. The summed E-state index contributed by atoms with van der Waals surface area (Å²) in [5.41, 5.74) is 0.177. The molecule has 2 rings (SSSR count). The molecule has 0 radical (unpaired) electrons. The maximum absolute atomic E-state index is 10.6. The van der Waals surface area contributed by atoms with Gasteiger partial charge in [0.1, 0.15) is 0 Å². The van der Waals surface area contributed by atoms with Gasteiger partial charge in [-0.2, -0.15) is 0 Å². The van der Waals surface area contributed by atoms with Crippen LogP contribution in [-0.2, 0) is 6.42 Å². The Balaban J connectivity index is 1.98. The first kappa shape index (κ1) is 9.61. The van der Waals surface area contributed by atoms with Gasteiger partial charge in [-0.15, -0.1) is 11.3 Å². The highest BCUT2D eigenvalue weighted by Crippen LogP contribution is 2.18. The molecule has 76 valence electrons. The van der Waals surface area contributed by atoms with E-state index in [9.17, 15) is 4.79 Å². The molecule has 1 unspecified atom stereocenters. The molecule has 0 amide bonds. The van der Waals surface area contributed by atoms with Crippen LogP contribution in [0.25, 0.3) is 0 Å². The zero-order valence-electron chi connectivity index (χ0n) is 7.69. The average Bonchev–Trinajstić information content (AvgIpc) is 2.75. The summed E-state index contributed by atoms with van der Waals surface area (Å²) in [7, 11) is 0. The third-order valence-electron chi connectivity index (χ3n) is 2.40. The summed E-state index contributed by atoms with van der Waals surface area (Å²) in [6, 6.07) is 0. The van der Waals surface area contributed by atoms with Crippen LogP contribution < -0.4 is 5.32 Å². The van der Waals surface area contributed by atoms with E-state index in [1.807, 2.05) is 0 Å². The van der Waals surface area contributed by atoms with Crippen LogP contribution in [0.4, 0.5) is 0 Å². The highest BCUT2D eigenvalue weighted by molar-refractivity contribution is 7.09. The smallest absolute Gasteiger partial charge is 0.355 e. The number of hydrogen-bond acceptors (Lipinski definition) is 4. The summed E-state index contributed by atoms with van der Waals surface area (Å²) in [4.78, 5) is 14.6. The van der Waals surface area contributed by atoms with E-state index in [2.05, 4.69) is 10.3 Å². The highest BCUT2D eigenvalue weighted by atomic mass is 32.1. The van der Waals surface area contributed by atoms with Crippen LogP contribution in [0.15, 0.2) is 5.38 Å². The highest BCUT2D eigenvalue weighted by Gasteiger charge is 2.17. The normalized spacial score (nSPS) is 21.3. The number of carbonyl (C=O) groups is 1. The number of carboxylic acids is 1. The zero-order valence-corrected chi connectivity index (χ0v) is 8.51. The van der Waals surface area contributed by atoms with Crippen molar-refractivity contribution in [3.63, 3.8) is 0 Å². The van der Waals surface area contributed by atoms with Crippen LogP contribution in [-0.4, -0.2) is 29.1 Å². The number of thiazole rings is 1. The Kier molecular flexibility index (Phi) is 2.79. The zero-order chi connectivity index (χ0) is 9.97. The van der Waals surface area contributed by atoms with Gasteiger partial charge in [0.05, 0.1) is 5.01 Å². The molecule has 0 aromatic carbocycles. The quantitative estimate of drug-likeness (QED) is 0.784. The van der Waals surface area contributed by atoms with Gasteiger partial charge >= 0.3 is 5.97 Å². The van der Waals surface area contributed by atoms with Gasteiger partial charge in [-0.3, -0.25) is 0 Å². The third-order valence-corrected chi connectivity index (χ3v) is 3.27. The average molecular weight is 212 g/mol. The maximum Gasteiger partial charge on any atom is 0.355 e. The standard InChI is InChI=1S/C9H12N2O2S/c12-9(13)7-5-14-8(11-7)3-6-1-2-10-4-6/h5-6,10H,1-4H2,(H,12,13). The summed E-state index contributed by atoms with van der Waals surface area (Å²) in [6.07, 6.45) is 2.08. The van der Waals surface area contributed by atoms with Gasteiger partial charge in [0.2, 0.25) is 0 Å². The first-order chi connectivity index (χ1) is 6.75. The van der Waals surface area contributed by atoms with Crippen molar-refractivity contribution in [2.75, 3.05) is 13.1 Å². The minimum Gasteiger partial charge on any atom is -0.476 e. The summed E-state index contributed by atoms with van der Waals surface area (Å²) < 4.78 is 0. The third kappa shape index (κ3) is 2.10. The molecule has 2 N–H and O–H groups in total. The fourth-order valence-electron chi connectivity index (χ4n) is 1.64. The second-order valence-electron chi connectivity index (χ2n) is 3.49. The molecule has 1 saturated heterocycles. The largest absolute Gasteiger partial charge is 0.476 e. The topological polar surface area (TPSA) is 62.2 Å². The molecule has 0 aliphatic carbocycles. The van der Waals surface area contributed by atoms with Crippen molar-refractivity contribution in [2.24, 2.45) is 5.92 Å². The SMILES string of the molecule is O=C(O)c1csc(CC2CCNC2)n1. The molecule has 1 aliphatic rings. The second-order valence-corrected chi connectivity index (χ2v) is 4.44. The van der Waals surface area contributed by atoms with E-state index in [1.54, 1.807) is 5.38 Å². The van der Waals surface area contributed by atoms with Crippen LogP contribution >= 0.6 is 11.3 Å². The Morgan fingerprint density at radius 3 is 3.21 bits per heavy atom. The molecule has 14 heavy (non-hydrogen) atoms. The molecule has 0 saturated carbocycles. The predicted octanol–water partition coefficient (Wildman–Crippen LogP) is 0.993. The van der Waals surface area contributed by atoms with E-state index >= 15 is 0 Å². The summed E-state index contributed by atoms with van der Waals surface area (Å²) >= 11 is 1.44. The fourth-order valence-corrected chi connectivity index (χ4v) is 2.52. The van der Waals surface area contributed by atoms with Crippen LogP contribution in [0, 0.1) is 5.92 Å². The van der Waals surface area contributed by atoms with Crippen molar-refractivity contribution in [3.05, 3.63) is 16.1 Å². The van der Waals surface area contributed by atoms with Crippen molar-refractivity contribution >= 4 is 17.3 Å². The molecule has 1 atom stereocenters. The van der Waals surface area contributed by atoms with Crippen LogP contribution in [0.3, 0.4) is 0 Å². The van der Waals surface area contributed by atoms with E-state index in [0.29, 0.717) is 5.92 Å². The summed E-state index contributed by atoms with van der Waals surface area (Å²) in [5.74, 6) is -0.306. The lowest BCUT2D eigenvalue weighted by atomic mass is 10.1. The molecule has 1 aromatic rings. The van der Waals surface area contributed by atoms with E-state index in [0.717, 1.165) is 24.5 Å². The van der Waals surface area contributed by atoms with Gasteiger partial charge in [-0.25, -0.2) is 9.78 Å². The predicted molar refractivity (Wildman–Crippen MR) is 53.8 cm³/mol. The number of carboxylic acid groups (broad SMARTS) is 1. The number of aromatic nitrogens is 1. The summed E-state index contributed by atoms with van der Waals surface area (Å²) in [5, 5.41) is 14.5. The molecular weight excluding hydrogens is 200 g/mol. The van der Waals surface area contributed by atoms with Crippen LogP contribution in [0.1, 0.15) is 21.9 Å². The lowest BCUT2D eigenvalue weighted by Crippen LogP contribution is -2.10. The number of rotatable bonds is 3. The van der Waals surface area contributed by atoms with Crippen molar-refractivity contribution in [1.82, 2.24) is 10.3 Å². The molecule has 4 nitrogen and oxygen atoms in total. The molecule has 5 heteroatoms. The van der Waals surface area contributed by atoms with Gasteiger partial charge in [0.25, 0.3) is 0 Å². The van der Waals surface area contributed by atoms with Gasteiger partial charge < -0.3 is 10.4 Å². The molecular formula is C9H12N2O2S. The second kappa shape index (κ2) is 4.06.